The third-order valence-electron chi connectivity index (χ3n) is 4.48. The minimum atomic E-state index is -1.55. The summed E-state index contributed by atoms with van der Waals surface area (Å²) in [6, 6.07) is 1.43. The van der Waals surface area contributed by atoms with Crippen LogP contribution >= 0.6 is 0 Å². The number of nitrogens with zero attached hydrogens (tertiary/aromatic N) is 2. The maximum atomic E-state index is 13.8. The van der Waals surface area contributed by atoms with Gasteiger partial charge in [-0.15, -0.1) is 0 Å². The molecule has 1 aromatic carbocycles. The van der Waals surface area contributed by atoms with Crippen molar-refractivity contribution in [3.05, 3.63) is 41.1 Å². The van der Waals surface area contributed by atoms with Crippen molar-refractivity contribution < 1.29 is 22.7 Å². The summed E-state index contributed by atoms with van der Waals surface area (Å²) in [6.45, 7) is 3.71. The highest BCUT2D eigenvalue weighted by Gasteiger charge is 2.27. The molecule has 1 aliphatic rings. The SMILES string of the molecule is CC(C)[C@@H](CO)Nc1nc(NNc2c(F)c(F)cc(F)c2F)cc(C2CC2)n1. The maximum Gasteiger partial charge on any atom is 0.225 e. The van der Waals surface area contributed by atoms with Crippen LogP contribution in [0, 0.1) is 29.2 Å². The van der Waals surface area contributed by atoms with E-state index in [2.05, 4.69) is 26.1 Å². The zero-order valence-electron chi connectivity index (χ0n) is 15.4. The predicted molar refractivity (Wildman–Crippen MR) is 96.9 cm³/mol. The van der Waals surface area contributed by atoms with Crippen LogP contribution in [0.15, 0.2) is 12.1 Å². The van der Waals surface area contributed by atoms with Crippen LogP contribution in [-0.2, 0) is 0 Å². The number of hydrogen-bond donors (Lipinski definition) is 4. The highest BCUT2D eigenvalue weighted by molar-refractivity contribution is 5.54. The van der Waals surface area contributed by atoms with Crippen molar-refractivity contribution >= 4 is 17.5 Å². The summed E-state index contributed by atoms with van der Waals surface area (Å²) in [5, 5.41) is 12.5. The van der Waals surface area contributed by atoms with E-state index in [1.807, 2.05) is 13.8 Å². The van der Waals surface area contributed by atoms with Crippen molar-refractivity contribution in [1.82, 2.24) is 9.97 Å². The Morgan fingerprint density at radius 2 is 1.68 bits per heavy atom. The Bertz CT molecular complexity index is 834. The molecule has 2 aromatic rings. The molecule has 1 atom stereocenters. The maximum absolute atomic E-state index is 13.8. The molecule has 1 aromatic heterocycles. The first kappa shape index (κ1) is 20.1. The zero-order chi connectivity index (χ0) is 20.4. The molecule has 6 nitrogen and oxygen atoms in total. The van der Waals surface area contributed by atoms with Crippen LogP contribution < -0.4 is 16.2 Å². The first-order chi connectivity index (χ1) is 13.3. The van der Waals surface area contributed by atoms with E-state index in [4.69, 9.17) is 0 Å². The first-order valence-corrected chi connectivity index (χ1v) is 8.91. The number of halogens is 4. The Balaban J connectivity index is 1.84. The normalized spacial score (nSPS) is 14.9. The van der Waals surface area contributed by atoms with Gasteiger partial charge >= 0.3 is 0 Å². The number of anilines is 3. The van der Waals surface area contributed by atoms with Gasteiger partial charge in [-0.1, -0.05) is 13.8 Å². The number of nitrogens with one attached hydrogen (secondary N) is 3. The Morgan fingerprint density at radius 3 is 2.21 bits per heavy atom. The van der Waals surface area contributed by atoms with Crippen LogP contribution in [0.25, 0.3) is 0 Å². The van der Waals surface area contributed by atoms with Gasteiger partial charge in [-0.25, -0.2) is 22.5 Å². The van der Waals surface area contributed by atoms with Gasteiger partial charge in [-0.05, 0) is 18.8 Å². The molecule has 28 heavy (non-hydrogen) atoms. The predicted octanol–water partition coefficient (Wildman–Crippen LogP) is 3.78. The standard InChI is InChI=1S/C18H21F4N5O/c1-8(2)13(7-28)24-18-23-12(9-3-4-9)6-14(25-18)26-27-17-15(21)10(19)5-11(20)16(17)22/h5-6,8-9,13,27-28H,3-4,7H2,1-2H3,(H2,23,24,25,26)/t13-/m1/s1. The van der Waals surface area contributed by atoms with Crippen molar-refractivity contribution in [1.29, 1.82) is 0 Å². The van der Waals surface area contributed by atoms with Crippen LogP contribution in [0.2, 0.25) is 0 Å². The number of hydrogen-bond acceptors (Lipinski definition) is 6. The molecule has 1 saturated carbocycles. The number of aliphatic hydroxyl groups excluding tert-OH is 1. The highest BCUT2D eigenvalue weighted by Crippen LogP contribution is 2.40. The van der Waals surface area contributed by atoms with E-state index < -0.39 is 29.0 Å². The molecule has 4 N–H and O–H groups in total. The van der Waals surface area contributed by atoms with Crippen molar-refractivity contribution in [3.63, 3.8) is 0 Å². The van der Waals surface area contributed by atoms with E-state index in [1.165, 1.54) is 0 Å². The number of aromatic nitrogens is 2. The molecule has 1 aliphatic carbocycles. The molecule has 1 heterocycles. The Morgan fingerprint density at radius 1 is 1.04 bits per heavy atom. The quantitative estimate of drug-likeness (QED) is 0.307. The lowest BCUT2D eigenvalue weighted by Gasteiger charge is -2.21. The van der Waals surface area contributed by atoms with Crippen LogP contribution in [0.4, 0.5) is 35.0 Å². The number of aliphatic hydroxyl groups is 1. The monoisotopic (exact) mass is 399 g/mol. The van der Waals surface area contributed by atoms with Crippen LogP contribution in [-0.4, -0.2) is 27.7 Å². The Kier molecular flexibility index (Phi) is 5.87. The van der Waals surface area contributed by atoms with Gasteiger partial charge in [0, 0.05) is 18.1 Å². The van der Waals surface area contributed by atoms with E-state index >= 15 is 0 Å². The molecule has 0 unspecified atom stereocenters. The fraction of sp³-hybridized carbons (Fsp3) is 0.444. The molecule has 0 saturated heterocycles. The van der Waals surface area contributed by atoms with Crippen LogP contribution in [0.1, 0.15) is 38.3 Å². The van der Waals surface area contributed by atoms with E-state index in [-0.39, 0.29) is 42.3 Å². The van der Waals surface area contributed by atoms with E-state index in [9.17, 15) is 22.7 Å². The number of rotatable bonds is 8. The molecule has 152 valence electrons. The van der Waals surface area contributed by atoms with Gasteiger partial charge < -0.3 is 10.4 Å². The van der Waals surface area contributed by atoms with Gasteiger partial charge in [0.05, 0.1) is 18.3 Å². The minimum absolute atomic E-state index is 0.103. The summed E-state index contributed by atoms with van der Waals surface area (Å²) in [7, 11) is 0. The largest absolute Gasteiger partial charge is 0.394 e. The third-order valence-corrected chi connectivity index (χ3v) is 4.48. The molecule has 0 aliphatic heterocycles. The van der Waals surface area contributed by atoms with Crippen LogP contribution in [0.5, 0.6) is 0 Å². The average molecular weight is 399 g/mol. The minimum Gasteiger partial charge on any atom is -0.394 e. The summed E-state index contributed by atoms with van der Waals surface area (Å²) in [5.41, 5.74) is 4.32. The van der Waals surface area contributed by atoms with Crippen LogP contribution in [0.3, 0.4) is 0 Å². The Labute approximate surface area is 159 Å². The van der Waals surface area contributed by atoms with Gasteiger partial charge in [0.15, 0.2) is 23.3 Å². The molecule has 0 radical (unpaired) electrons. The van der Waals surface area contributed by atoms with Crippen molar-refractivity contribution in [3.8, 4) is 0 Å². The molecule has 0 bridgehead atoms. The smallest absolute Gasteiger partial charge is 0.225 e. The summed E-state index contributed by atoms with van der Waals surface area (Å²) in [6.07, 6.45) is 1.91. The summed E-state index contributed by atoms with van der Waals surface area (Å²) in [4.78, 5) is 8.61. The molecule has 0 spiro atoms. The lowest BCUT2D eigenvalue weighted by atomic mass is 10.1. The summed E-state index contributed by atoms with van der Waals surface area (Å²) < 4.78 is 54.3. The van der Waals surface area contributed by atoms with Gasteiger partial charge in [-0.2, -0.15) is 4.98 Å². The van der Waals surface area contributed by atoms with E-state index in [0.717, 1.165) is 12.8 Å². The highest BCUT2D eigenvalue weighted by atomic mass is 19.2. The van der Waals surface area contributed by atoms with Crippen molar-refractivity contribution in [2.45, 2.75) is 38.6 Å². The number of benzene rings is 1. The molecule has 1 fully saturated rings. The Hall–Kier alpha value is -2.62. The average Bonchev–Trinajstić information content (AvgIpc) is 3.49. The van der Waals surface area contributed by atoms with E-state index in [0.29, 0.717) is 5.69 Å². The fourth-order valence-electron chi connectivity index (χ4n) is 2.58. The van der Waals surface area contributed by atoms with Crippen molar-refractivity contribution in [2.75, 3.05) is 22.8 Å². The molecular weight excluding hydrogens is 378 g/mol. The fourth-order valence-corrected chi connectivity index (χ4v) is 2.58. The second kappa shape index (κ2) is 8.17. The topological polar surface area (TPSA) is 82.1 Å². The second-order valence-electron chi connectivity index (χ2n) is 7.05. The summed E-state index contributed by atoms with van der Waals surface area (Å²) >= 11 is 0. The molecule has 10 heteroatoms. The van der Waals surface area contributed by atoms with Gasteiger partial charge in [0.1, 0.15) is 11.5 Å². The van der Waals surface area contributed by atoms with Gasteiger partial charge in [-0.3, -0.25) is 10.9 Å². The van der Waals surface area contributed by atoms with Gasteiger partial charge in [0.2, 0.25) is 5.95 Å². The lowest BCUT2D eigenvalue weighted by molar-refractivity contribution is 0.248. The molecule has 0 amide bonds. The van der Waals surface area contributed by atoms with Gasteiger partial charge in [0.25, 0.3) is 0 Å². The number of hydrazine groups is 1. The molecular formula is C18H21F4N5O. The third kappa shape index (κ3) is 4.44. The van der Waals surface area contributed by atoms with Crippen molar-refractivity contribution in [2.24, 2.45) is 5.92 Å². The first-order valence-electron chi connectivity index (χ1n) is 8.91. The molecule has 3 rings (SSSR count). The lowest BCUT2D eigenvalue weighted by Crippen LogP contribution is -2.30. The second-order valence-corrected chi connectivity index (χ2v) is 7.05. The summed E-state index contributed by atoms with van der Waals surface area (Å²) in [5.74, 6) is -5.41. The zero-order valence-corrected chi connectivity index (χ0v) is 15.4. The van der Waals surface area contributed by atoms with E-state index in [1.54, 1.807) is 6.07 Å².